The molecule has 0 amide bonds. The monoisotopic (exact) mass is 786 g/mol. The first-order chi connectivity index (χ1) is 27.1. The van der Waals surface area contributed by atoms with E-state index in [1.165, 1.54) is 50.8 Å². The largest absolute Gasteiger partial charge is 0.385 e. The molecule has 1 saturated carbocycles. The number of methoxy groups -OCH3 is 2. The van der Waals surface area contributed by atoms with Gasteiger partial charge in [-0.05, 0) is 85.4 Å². The van der Waals surface area contributed by atoms with Crippen LogP contribution in [0.25, 0.3) is 0 Å². The van der Waals surface area contributed by atoms with Gasteiger partial charge in [0.15, 0.2) is 0 Å². The number of fused-ring (bicyclic) bond motifs is 2. The summed E-state index contributed by atoms with van der Waals surface area (Å²) in [6, 6.07) is 34.1. The number of nitrogens with zero attached hydrogens (tertiary/aromatic N) is 3. The number of benzene rings is 4. The van der Waals surface area contributed by atoms with Gasteiger partial charge in [-0.1, -0.05) is 99.4 Å². The minimum absolute atomic E-state index is 0.233. The number of para-hydroxylation sites is 2. The Labute approximate surface area is 343 Å². The van der Waals surface area contributed by atoms with Gasteiger partial charge < -0.3 is 19.3 Å². The van der Waals surface area contributed by atoms with Gasteiger partial charge in [-0.3, -0.25) is 0 Å². The number of hydrogen-bond acceptors (Lipinski definition) is 4. The molecule has 0 N–H and O–H groups in total. The van der Waals surface area contributed by atoms with Crippen LogP contribution < -0.4 is 14.4 Å². The first-order valence-electron chi connectivity index (χ1n) is 19.8. The molecule has 1 fully saturated rings. The highest BCUT2D eigenvalue weighted by Gasteiger charge is 2.42. The summed E-state index contributed by atoms with van der Waals surface area (Å²) in [6.45, 7) is 12.4. The van der Waals surface area contributed by atoms with Crippen LogP contribution in [0, 0.1) is 0 Å². The highest BCUT2D eigenvalue weighted by atomic mass is 35.5. The molecule has 1 aliphatic carbocycles. The third-order valence-corrected chi connectivity index (χ3v) is 12.0. The van der Waals surface area contributed by atoms with E-state index < -0.39 is 0 Å². The van der Waals surface area contributed by atoms with E-state index in [1.54, 1.807) is 14.2 Å². The van der Waals surface area contributed by atoms with Gasteiger partial charge in [0, 0.05) is 120 Å². The standard InChI is InChI=1S/C49H54Cl2N3O2/c1-48(2)41-33-37(50)23-25-43(41)52(29-13-31-55-5)45(48)27-21-35-19-20-36(47(35)54(39-15-9-7-10-16-39)40-17-11-8-12-18-40)22-28-46-49(3,4)42-34-38(51)24-26-44(42)53(46)30-14-32-56-6/h7-12,15-18,21-28,33-34H,13-14,19-20,29-32H2,1-6H3/q+1. The van der Waals surface area contributed by atoms with E-state index in [9.17, 15) is 0 Å². The Morgan fingerprint density at radius 3 is 1.39 bits per heavy atom. The van der Waals surface area contributed by atoms with Crippen LogP contribution in [0.4, 0.5) is 22.7 Å². The molecule has 0 bridgehead atoms. The molecule has 3 aliphatic rings. The first kappa shape index (κ1) is 39.8. The third-order valence-electron chi connectivity index (χ3n) is 11.6. The molecule has 4 aromatic carbocycles. The van der Waals surface area contributed by atoms with Crippen molar-refractivity contribution in [1.82, 2.24) is 4.58 Å². The molecule has 5 nitrogen and oxygen atoms in total. The van der Waals surface area contributed by atoms with Crippen molar-refractivity contribution >= 4 is 51.7 Å². The van der Waals surface area contributed by atoms with Gasteiger partial charge in [-0.2, -0.15) is 4.58 Å². The summed E-state index contributed by atoms with van der Waals surface area (Å²) in [5.41, 5.74) is 13.1. The summed E-state index contributed by atoms with van der Waals surface area (Å²) in [6.07, 6.45) is 13.2. The highest BCUT2D eigenvalue weighted by Crippen LogP contribution is 2.50. The van der Waals surface area contributed by atoms with Gasteiger partial charge in [0.05, 0.1) is 0 Å². The smallest absolute Gasteiger partial charge is 0.218 e. The normalized spacial score (nSPS) is 19.8. The van der Waals surface area contributed by atoms with E-state index in [-0.39, 0.29) is 10.8 Å². The molecule has 56 heavy (non-hydrogen) atoms. The molecule has 7 rings (SSSR count). The summed E-state index contributed by atoms with van der Waals surface area (Å²) in [5, 5.41) is 1.53. The minimum Gasteiger partial charge on any atom is -0.385 e. The summed E-state index contributed by atoms with van der Waals surface area (Å²) in [5.74, 6) is 0. The number of halogens is 2. The predicted octanol–water partition coefficient (Wildman–Crippen LogP) is 12.4. The van der Waals surface area contributed by atoms with Crippen molar-refractivity contribution in [2.75, 3.05) is 50.3 Å². The van der Waals surface area contributed by atoms with E-state index in [4.69, 9.17) is 32.7 Å². The van der Waals surface area contributed by atoms with Gasteiger partial charge in [0.25, 0.3) is 0 Å². The number of anilines is 2. The number of allylic oxidation sites excluding steroid dienone is 8. The average Bonchev–Trinajstić information content (AvgIpc) is 3.75. The Hall–Kier alpha value is -4.39. The Kier molecular flexibility index (Phi) is 12.1. The molecule has 7 heteroatoms. The zero-order chi connectivity index (χ0) is 39.5. The van der Waals surface area contributed by atoms with E-state index >= 15 is 0 Å². The Morgan fingerprint density at radius 1 is 0.589 bits per heavy atom. The fraction of sp³-hybridized carbons (Fsp3) is 0.327. The summed E-state index contributed by atoms with van der Waals surface area (Å²) >= 11 is 13.2. The maximum atomic E-state index is 6.60. The van der Waals surface area contributed by atoms with Crippen LogP contribution >= 0.6 is 23.2 Å². The van der Waals surface area contributed by atoms with Crippen molar-refractivity contribution in [2.45, 2.75) is 64.2 Å². The lowest BCUT2D eigenvalue weighted by molar-refractivity contribution is 0.196. The Morgan fingerprint density at radius 2 is 1.00 bits per heavy atom. The topological polar surface area (TPSA) is 28.0 Å². The first-order valence-corrected chi connectivity index (χ1v) is 20.6. The molecule has 0 atom stereocenters. The van der Waals surface area contributed by atoms with Crippen LogP contribution in [0.2, 0.25) is 10.0 Å². The molecular weight excluding hydrogens is 733 g/mol. The maximum absolute atomic E-state index is 6.60. The lowest BCUT2D eigenvalue weighted by atomic mass is 9.83. The van der Waals surface area contributed by atoms with Gasteiger partial charge in [0.2, 0.25) is 17.1 Å². The van der Waals surface area contributed by atoms with Crippen LogP contribution in [0.15, 0.2) is 144 Å². The van der Waals surface area contributed by atoms with Crippen molar-refractivity contribution in [3.8, 4) is 0 Å². The van der Waals surface area contributed by atoms with Gasteiger partial charge >= 0.3 is 0 Å². The second-order valence-corrected chi connectivity index (χ2v) is 16.8. The molecule has 0 spiro atoms. The molecule has 4 aromatic rings. The van der Waals surface area contributed by atoms with E-state index in [2.05, 4.69) is 151 Å². The molecule has 0 radical (unpaired) electrons. The van der Waals surface area contributed by atoms with Crippen molar-refractivity contribution in [1.29, 1.82) is 0 Å². The van der Waals surface area contributed by atoms with Crippen LogP contribution in [-0.4, -0.2) is 46.2 Å². The molecule has 0 saturated heterocycles. The zero-order valence-corrected chi connectivity index (χ0v) is 35.1. The summed E-state index contributed by atoms with van der Waals surface area (Å²) in [4.78, 5) is 4.93. The second-order valence-electron chi connectivity index (χ2n) is 15.9. The van der Waals surface area contributed by atoms with Crippen molar-refractivity contribution < 1.29 is 9.47 Å². The van der Waals surface area contributed by atoms with Crippen LogP contribution in [0.1, 0.15) is 64.5 Å². The van der Waals surface area contributed by atoms with Crippen LogP contribution in [-0.2, 0) is 20.3 Å². The molecule has 0 unspecified atom stereocenters. The lowest BCUT2D eigenvalue weighted by Gasteiger charge is -2.27. The maximum Gasteiger partial charge on any atom is 0.218 e. The van der Waals surface area contributed by atoms with Crippen LogP contribution in [0.3, 0.4) is 0 Å². The molecule has 2 aliphatic heterocycles. The molecule has 290 valence electrons. The molecule has 2 heterocycles. The predicted molar refractivity (Wildman–Crippen MR) is 238 cm³/mol. The zero-order valence-electron chi connectivity index (χ0n) is 33.6. The third kappa shape index (κ3) is 7.80. The van der Waals surface area contributed by atoms with Crippen molar-refractivity contribution in [3.63, 3.8) is 0 Å². The fourth-order valence-electron chi connectivity index (χ4n) is 8.76. The quantitative estimate of drug-likeness (QED) is 0.106. The number of hydrogen-bond donors (Lipinski definition) is 0. The van der Waals surface area contributed by atoms with Gasteiger partial charge in [0.1, 0.15) is 0 Å². The van der Waals surface area contributed by atoms with Gasteiger partial charge in [-0.25, -0.2) is 0 Å². The molecular formula is C49H54Cl2N3O2+. The summed E-state index contributed by atoms with van der Waals surface area (Å²) in [7, 11) is 3.54. The number of rotatable bonds is 12. The Bertz CT molecular complexity index is 2060. The van der Waals surface area contributed by atoms with E-state index in [0.29, 0.717) is 13.2 Å². The summed E-state index contributed by atoms with van der Waals surface area (Å²) < 4.78 is 13.4. The average molecular weight is 788 g/mol. The highest BCUT2D eigenvalue weighted by molar-refractivity contribution is 6.31. The second kappa shape index (κ2) is 17.0. The minimum atomic E-state index is -0.233. The fourth-order valence-corrected chi connectivity index (χ4v) is 9.10. The van der Waals surface area contributed by atoms with Crippen molar-refractivity contribution in [3.05, 3.63) is 165 Å². The SMILES string of the molecule is COCCCN1/C(=C/C=C2\CC/C(=C\C=C3\N(CCCOC)c4ccc(Cl)cc4C3(C)C)C2=[N+](c2ccccc2)c2ccccc2)C(C)(C)c2cc(Cl)ccc21. The molecule has 0 aromatic heterocycles. The van der Waals surface area contributed by atoms with E-state index in [1.807, 2.05) is 12.1 Å². The Balaban J connectivity index is 1.40. The van der Waals surface area contributed by atoms with E-state index in [0.717, 1.165) is 60.2 Å². The van der Waals surface area contributed by atoms with Crippen LogP contribution in [0.5, 0.6) is 0 Å². The number of ether oxygens (including phenoxy) is 2. The lowest BCUT2D eigenvalue weighted by Crippen LogP contribution is -2.27. The van der Waals surface area contributed by atoms with Gasteiger partial charge in [-0.15, -0.1) is 0 Å². The van der Waals surface area contributed by atoms with Crippen molar-refractivity contribution in [2.24, 2.45) is 0 Å².